The third kappa shape index (κ3) is 5.24. The van der Waals surface area contributed by atoms with Crippen LogP contribution in [0.1, 0.15) is 39.5 Å². The second-order valence-corrected chi connectivity index (χ2v) is 6.37. The number of hydrogen-bond donors (Lipinski definition) is 1. The first kappa shape index (κ1) is 18.4. The van der Waals surface area contributed by atoms with Crippen molar-refractivity contribution in [3.8, 4) is 0 Å². The Morgan fingerprint density at radius 2 is 2.10 bits per heavy atom. The molecular weight excluding hydrogens is 266 g/mol. The molecule has 5 nitrogen and oxygen atoms in total. The molecule has 5 heteroatoms. The Morgan fingerprint density at radius 3 is 2.67 bits per heavy atom. The van der Waals surface area contributed by atoms with Gasteiger partial charge in [-0.3, -0.25) is 4.79 Å². The van der Waals surface area contributed by atoms with E-state index in [0.717, 1.165) is 38.9 Å². The van der Waals surface area contributed by atoms with Crippen molar-refractivity contribution in [2.75, 3.05) is 47.4 Å². The number of esters is 1. The fourth-order valence-electron chi connectivity index (χ4n) is 3.02. The number of piperazine rings is 1. The summed E-state index contributed by atoms with van der Waals surface area (Å²) in [5.74, 6) is -0.171. The number of nitrogens with one attached hydrogen (secondary N) is 1. The molecule has 0 aromatic heterocycles. The molecule has 0 saturated carbocycles. The van der Waals surface area contributed by atoms with E-state index < -0.39 is 5.54 Å². The van der Waals surface area contributed by atoms with Crippen LogP contribution in [0, 0.1) is 0 Å². The highest BCUT2D eigenvalue weighted by Crippen LogP contribution is 2.17. The summed E-state index contributed by atoms with van der Waals surface area (Å²) in [4.78, 5) is 16.8. The number of methoxy groups -OCH3 is 1. The number of unbranched alkanes of at least 4 members (excludes halogenated alkanes) is 1. The minimum Gasteiger partial charge on any atom is -0.468 e. The molecule has 124 valence electrons. The Kier molecular flexibility index (Phi) is 7.63. The highest BCUT2D eigenvalue weighted by molar-refractivity contribution is 5.80. The number of carbonyl (C=O) groups excluding carboxylic acids is 1. The van der Waals surface area contributed by atoms with Crippen LogP contribution in [0.15, 0.2) is 0 Å². The van der Waals surface area contributed by atoms with Crippen LogP contribution in [0.4, 0.5) is 0 Å². The largest absolute Gasteiger partial charge is 0.468 e. The van der Waals surface area contributed by atoms with Gasteiger partial charge in [0, 0.05) is 25.7 Å². The summed E-state index contributed by atoms with van der Waals surface area (Å²) in [6.07, 6.45) is 4.21. The lowest BCUT2D eigenvalue weighted by Crippen LogP contribution is -2.51. The van der Waals surface area contributed by atoms with Crippen molar-refractivity contribution in [3.05, 3.63) is 0 Å². The van der Waals surface area contributed by atoms with Crippen LogP contribution in [0.3, 0.4) is 0 Å². The number of hydrogen-bond acceptors (Lipinski definition) is 5. The van der Waals surface area contributed by atoms with E-state index in [2.05, 4.69) is 29.1 Å². The fraction of sp³-hybridized carbons (Fsp3) is 0.938. The number of nitrogens with zero attached hydrogens (tertiary/aromatic N) is 2. The van der Waals surface area contributed by atoms with Crippen LogP contribution in [-0.4, -0.2) is 74.7 Å². The Balaban J connectivity index is 2.29. The third-order valence-electron chi connectivity index (χ3n) is 4.92. The van der Waals surface area contributed by atoms with E-state index in [1.165, 1.54) is 20.1 Å². The number of ether oxygens (including phenoxy) is 1. The number of rotatable bonds is 8. The van der Waals surface area contributed by atoms with E-state index in [-0.39, 0.29) is 5.97 Å². The van der Waals surface area contributed by atoms with Crippen molar-refractivity contribution in [1.29, 1.82) is 0 Å². The van der Waals surface area contributed by atoms with Gasteiger partial charge >= 0.3 is 5.97 Å². The van der Waals surface area contributed by atoms with E-state index >= 15 is 0 Å². The van der Waals surface area contributed by atoms with Crippen LogP contribution in [0.5, 0.6) is 0 Å². The summed E-state index contributed by atoms with van der Waals surface area (Å²) in [5.41, 5.74) is -0.553. The minimum absolute atomic E-state index is 0.171. The first-order valence-electron chi connectivity index (χ1n) is 8.16. The Hall–Kier alpha value is -0.650. The molecule has 2 unspecified atom stereocenters. The van der Waals surface area contributed by atoms with Gasteiger partial charge in [0.2, 0.25) is 0 Å². The Labute approximate surface area is 130 Å². The molecule has 1 fully saturated rings. The molecule has 1 saturated heterocycles. The minimum atomic E-state index is -0.553. The predicted octanol–water partition coefficient (Wildman–Crippen LogP) is 1.33. The summed E-state index contributed by atoms with van der Waals surface area (Å²) in [7, 11) is 5.50. The molecule has 0 radical (unpaired) electrons. The molecule has 1 aliphatic rings. The van der Waals surface area contributed by atoms with Gasteiger partial charge in [0.15, 0.2) is 0 Å². The van der Waals surface area contributed by atoms with E-state index in [1.807, 2.05) is 14.0 Å². The quantitative estimate of drug-likeness (QED) is 0.541. The smallest absolute Gasteiger partial charge is 0.325 e. The molecule has 1 aliphatic heterocycles. The summed E-state index contributed by atoms with van der Waals surface area (Å²) < 4.78 is 4.88. The van der Waals surface area contributed by atoms with Crippen LogP contribution < -0.4 is 5.32 Å². The molecule has 1 rings (SSSR count). The van der Waals surface area contributed by atoms with Crippen molar-refractivity contribution < 1.29 is 9.53 Å². The van der Waals surface area contributed by atoms with Gasteiger partial charge in [-0.15, -0.1) is 0 Å². The van der Waals surface area contributed by atoms with Crippen molar-refractivity contribution in [1.82, 2.24) is 15.1 Å². The summed E-state index contributed by atoms with van der Waals surface area (Å²) in [5, 5.41) is 3.09. The molecule has 21 heavy (non-hydrogen) atoms. The SMILES string of the molecule is CCC1CN(CCCCC(C)(NC)C(=O)OC)CCN1C. The maximum atomic E-state index is 11.8. The lowest BCUT2D eigenvalue weighted by Gasteiger charge is -2.39. The van der Waals surface area contributed by atoms with Crippen LogP contribution >= 0.6 is 0 Å². The van der Waals surface area contributed by atoms with Gasteiger partial charge in [-0.25, -0.2) is 0 Å². The van der Waals surface area contributed by atoms with E-state index in [1.54, 1.807) is 0 Å². The maximum Gasteiger partial charge on any atom is 0.325 e. The standard InChI is InChI=1S/C16H33N3O2/c1-6-14-13-19(12-11-18(14)4)10-8-7-9-16(2,17-3)15(20)21-5/h14,17H,6-13H2,1-5H3. The Bertz CT molecular complexity index is 325. The molecule has 0 aromatic carbocycles. The average Bonchev–Trinajstić information content (AvgIpc) is 2.51. The molecule has 1 heterocycles. The first-order chi connectivity index (χ1) is 9.96. The summed E-state index contributed by atoms with van der Waals surface area (Å²) in [6.45, 7) is 8.81. The highest BCUT2D eigenvalue weighted by Gasteiger charge is 2.31. The lowest BCUT2D eigenvalue weighted by molar-refractivity contribution is -0.148. The van der Waals surface area contributed by atoms with Crippen molar-refractivity contribution in [2.24, 2.45) is 0 Å². The molecule has 0 amide bonds. The topological polar surface area (TPSA) is 44.8 Å². The van der Waals surface area contributed by atoms with Crippen molar-refractivity contribution >= 4 is 5.97 Å². The second-order valence-electron chi connectivity index (χ2n) is 6.37. The molecule has 0 bridgehead atoms. The van der Waals surface area contributed by atoms with Crippen LogP contribution in [-0.2, 0) is 9.53 Å². The van der Waals surface area contributed by atoms with Gasteiger partial charge < -0.3 is 19.9 Å². The lowest BCUT2D eigenvalue weighted by atomic mass is 9.95. The fourth-order valence-corrected chi connectivity index (χ4v) is 3.02. The average molecular weight is 299 g/mol. The molecule has 1 N–H and O–H groups in total. The van der Waals surface area contributed by atoms with Gasteiger partial charge in [-0.1, -0.05) is 6.92 Å². The first-order valence-corrected chi connectivity index (χ1v) is 8.16. The number of likely N-dealkylation sites (N-methyl/N-ethyl adjacent to an activating group) is 2. The number of carbonyl (C=O) groups is 1. The highest BCUT2D eigenvalue weighted by atomic mass is 16.5. The maximum absolute atomic E-state index is 11.8. The molecular formula is C16H33N3O2. The van der Waals surface area contributed by atoms with E-state index in [4.69, 9.17) is 4.74 Å². The monoisotopic (exact) mass is 299 g/mol. The van der Waals surface area contributed by atoms with Crippen molar-refractivity contribution in [3.63, 3.8) is 0 Å². The van der Waals surface area contributed by atoms with Crippen molar-refractivity contribution in [2.45, 2.75) is 51.1 Å². The normalized spacial score (nSPS) is 23.8. The van der Waals surface area contributed by atoms with Gasteiger partial charge in [-0.05, 0) is 53.2 Å². The van der Waals surface area contributed by atoms with Gasteiger partial charge in [0.1, 0.15) is 5.54 Å². The zero-order valence-electron chi connectivity index (χ0n) is 14.4. The second kappa shape index (κ2) is 8.71. The Morgan fingerprint density at radius 1 is 1.38 bits per heavy atom. The zero-order valence-corrected chi connectivity index (χ0v) is 14.4. The van der Waals surface area contributed by atoms with Gasteiger partial charge in [-0.2, -0.15) is 0 Å². The third-order valence-corrected chi connectivity index (χ3v) is 4.92. The van der Waals surface area contributed by atoms with Gasteiger partial charge in [0.05, 0.1) is 7.11 Å². The van der Waals surface area contributed by atoms with Crippen LogP contribution in [0.2, 0.25) is 0 Å². The predicted molar refractivity (Wildman–Crippen MR) is 86.5 cm³/mol. The van der Waals surface area contributed by atoms with E-state index in [9.17, 15) is 4.79 Å². The summed E-state index contributed by atoms with van der Waals surface area (Å²) >= 11 is 0. The van der Waals surface area contributed by atoms with Gasteiger partial charge in [0.25, 0.3) is 0 Å². The molecule has 0 aliphatic carbocycles. The molecule has 0 spiro atoms. The summed E-state index contributed by atoms with van der Waals surface area (Å²) in [6, 6.07) is 0.691. The molecule has 2 atom stereocenters. The molecule has 0 aromatic rings. The zero-order chi connectivity index (χ0) is 15.9. The van der Waals surface area contributed by atoms with Crippen LogP contribution in [0.25, 0.3) is 0 Å². The van der Waals surface area contributed by atoms with E-state index in [0.29, 0.717) is 6.04 Å².